The quantitative estimate of drug-likeness (QED) is 0.270. The SMILES string of the molecule is Cc1ccc2c(oc3c(-c4ccccc4)ccc(C#N)c32)c1-c1cc(CC(C)C)cc(C)[n+]1C. The minimum atomic E-state index is 0.578. The number of nitrogens with zero attached hydrogens (tertiary/aromatic N) is 2. The van der Waals surface area contributed by atoms with Crippen LogP contribution in [-0.2, 0) is 13.5 Å². The Morgan fingerprint density at radius 3 is 2.41 bits per heavy atom. The largest absolute Gasteiger partial charge is 0.454 e. The molecular weight excluding hydrogens is 416 g/mol. The summed E-state index contributed by atoms with van der Waals surface area (Å²) in [5.74, 6) is 0.578. The fraction of sp³-hybridized carbons (Fsp3) is 0.226. The lowest BCUT2D eigenvalue weighted by Gasteiger charge is -2.11. The van der Waals surface area contributed by atoms with Gasteiger partial charge in [-0.15, -0.1) is 0 Å². The summed E-state index contributed by atoms with van der Waals surface area (Å²) in [4.78, 5) is 0. The summed E-state index contributed by atoms with van der Waals surface area (Å²) in [5, 5.41) is 11.8. The standard InChI is InChI=1S/C31H29N2O/c1-19(2)15-22-16-21(4)33(5)27(17-22)28-20(3)11-13-26-29-24(18-32)12-14-25(30(29)34-31(26)28)23-9-7-6-8-10-23/h6-14,16-17,19H,15H2,1-5H3/q+1. The molecule has 3 nitrogen and oxygen atoms in total. The van der Waals surface area contributed by atoms with E-state index in [-0.39, 0.29) is 0 Å². The van der Waals surface area contributed by atoms with Crippen LogP contribution in [0.1, 0.15) is 36.2 Å². The average Bonchev–Trinajstić information content (AvgIpc) is 3.20. The van der Waals surface area contributed by atoms with E-state index in [1.165, 1.54) is 11.3 Å². The summed E-state index contributed by atoms with van der Waals surface area (Å²) in [6.07, 6.45) is 1.03. The average molecular weight is 446 g/mol. The molecule has 0 bridgehead atoms. The van der Waals surface area contributed by atoms with E-state index < -0.39 is 0 Å². The number of aromatic nitrogens is 1. The molecule has 0 saturated carbocycles. The third-order valence-corrected chi connectivity index (χ3v) is 6.71. The van der Waals surface area contributed by atoms with E-state index >= 15 is 0 Å². The maximum absolute atomic E-state index is 9.92. The summed E-state index contributed by atoms with van der Waals surface area (Å²) in [6.45, 7) is 8.79. The fourth-order valence-corrected chi connectivity index (χ4v) is 5.00. The first-order chi connectivity index (χ1) is 16.4. The first kappa shape index (κ1) is 21.9. The van der Waals surface area contributed by atoms with Gasteiger partial charge in [0, 0.05) is 35.4 Å². The normalized spacial score (nSPS) is 11.4. The van der Waals surface area contributed by atoms with Crippen molar-refractivity contribution in [2.75, 3.05) is 0 Å². The van der Waals surface area contributed by atoms with Crippen molar-refractivity contribution in [3.05, 3.63) is 89.1 Å². The molecule has 0 radical (unpaired) electrons. The first-order valence-electron chi connectivity index (χ1n) is 11.8. The van der Waals surface area contributed by atoms with Crippen LogP contribution in [0.3, 0.4) is 0 Å². The summed E-state index contributed by atoms with van der Waals surface area (Å²) in [6, 6.07) is 25.3. The Morgan fingerprint density at radius 2 is 1.71 bits per heavy atom. The summed E-state index contributed by atoms with van der Waals surface area (Å²) in [5.41, 5.74) is 10.2. The number of fused-ring (bicyclic) bond motifs is 3. The Bertz CT molecular complexity index is 1580. The molecular formula is C31H29N2O+. The van der Waals surface area contributed by atoms with Crippen LogP contribution >= 0.6 is 0 Å². The van der Waals surface area contributed by atoms with E-state index in [2.05, 4.69) is 81.8 Å². The van der Waals surface area contributed by atoms with Crippen LogP contribution in [0.4, 0.5) is 0 Å². The van der Waals surface area contributed by atoms with E-state index in [1.807, 2.05) is 30.3 Å². The monoisotopic (exact) mass is 445 g/mol. The van der Waals surface area contributed by atoms with E-state index in [4.69, 9.17) is 4.42 Å². The molecule has 0 N–H and O–H groups in total. The number of nitriles is 1. The van der Waals surface area contributed by atoms with Crippen LogP contribution in [0.2, 0.25) is 0 Å². The Balaban J connectivity index is 1.88. The number of aryl methyl sites for hydroxylation is 2. The van der Waals surface area contributed by atoms with E-state index in [9.17, 15) is 5.26 Å². The Labute approximate surface area is 200 Å². The third-order valence-electron chi connectivity index (χ3n) is 6.71. The second-order valence-electron chi connectivity index (χ2n) is 9.63. The number of hydrogen-bond acceptors (Lipinski definition) is 2. The van der Waals surface area contributed by atoms with Crippen molar-refractivity contribution in [2.24, 2.45) is 13.0 Å². The number of furan rings is 1. The van der Waals surface area contributed by atoms with Gasteiger partial charge in [0.25, 0.3) is 0 Å². The highest BCUT2D eigenvalue weighted by molar-refractivity contribution is 6.15. The van der Waals surface area contributed by atoms with Crippen LogP contribution in [0.5, 0.6) is 0 Å². The van der Waals surface area contributed by atoms with Crippen molar-refractivity contribution >= 4 is 21.9 Å². The fourth-order valence-electron chi connectivity index (χ4n) is 5.00. The molecule has 34 heavy (non-hydrogen) atoms. The van der Waals surface area contributed by atoms with E-state index in [1.54, 1.807) is 0 Å². The van der Waals surface area contributed by atoms with E-state index in [0.717, 1.165) is 56.3 Å². The van der Waals surface area contributed by atoms with Gasteiger partial charge in [-0.3, -0.25) is 0 Å². The van der Waals surface area contributed by atoms with Crippen LogP contribution in [-0.4, -0.2) is 0 Å². The topological polar surface area (TPSA) is 40.8 Å². The number of pyridine rings is 1. The molecule has 0 atom stereocenters. The third kappa shape index (κ3) is 3.56. The highest BCUT2D eigenvalue weighted by atomic mass is 16.3. The van der Waals surface area contributed by atoms with Crippen molar-refractivity contribution in [2.45, 2.75) is 34.1 Å². The second-order valence-corrected chi connectivity index (χ2v) is 9.63. The molecule has 2 heterocycles. The molecule has 0 fully saturated rings. The number of rotatable bonds is 4. The Kier molecular flexibility index (Phi) is 5.46. The van der Waals surface area contributed by atoms with Crippen LogP contribution in [0, 0.1) is 31.1 Å². The molecule has 0 amide bonds. The Morgan fingerprint density at radius 1 is 0.941 bits per heavy atom. The zero-order chi connectivity index (χ0) is 24.0. The van der Waals surface area contributed by atoms with Gasteiger partial charge in [0.2, 0.25) is 5.69 Å². The van der Waals surface area contributed by atoms with Gasteiger partial charge in [-0.05, 0) is 48.1 Å². The molecule has 3 heteroatoms. The summed E-state index contributed by atoms with van der Waals surface area (Å²) < 4.78 is 8.94. The van der Waals surface area contributed by atoms with E-state index in [0.29, 0.717) is 11.5 Å². The molecule has 5 aromatic rings. The maximum Gasteiger partial charge on any atom is 0.216 e. The van der Waals surface area contributed by atoms with Gasteiger partial charge in [0.1, 0.15) is 18.2 Å². The second kappa shape index (κ2) is 8.47. The molecule has 0 aliphatic carbocycles. The smallest absolute Gasteiger partial charge is 0.216 e. The molecule has 0 spiro atoms. The number of benzene rings is 3. The molecule has 168 valence electrons. The van der Waals surface area contributed by atoms with Crippen molar-refractivity contribution in [3.8, 4) is 28.5 Å². The summed E-state index contributed by atoms with van der Waals surface area (Å²) in [7, 11) is 2.11. The molecule has 0 aliphatic rings. The zero-order valence-corrected chi connectivity index (χ0v) is 20.4. The molecule has 5 rings (SSSR count). The highest BCUT2D eigenvalue weighted by Crippen LogP contribution is 2.42. The van der Waals surface area contributed by atoms with Gasteiger partial charge in [-0.1, -0.05) is 56.3 Å². The van der Waals surface area contributed by atoms with Gasteiger partial charge in [-0.25, -0.2) is 0 Å². The lowest BCUT2D eigenvalue weighted by atomic mass is 9.95. The van der Waals surface area contributed by atoms with Gasteiger partial charge >= 0.3 is 0 Å². The molecule has 0 aliphatic heterocycles. The summed E-state index contributed by atoms with van der Waals surface area (Å²) >= 11 is 0. The minimum absolute atomic E-state index is 0.578. The zero-order valence-electron chi connectivity index (χ0n) is 20.4. The molecule has 3 aromatic carbocycles. The van der Waals surface area contributed by atoms with Gasteiger partial charge in [0.15, 0.2) is 5.69 Å². The number of hydrogen-bond donors (Lipinski definition) is 0. The van der Waals surface area contributed by atoms with Gasteiger partial charge < -0.3 is 4.42 Å². The predicted octanol–water partition coefficient (Wildman–Crippen LogP) is 7.43. The Hall–Kier alpha value is -3.90. The molecule has 2 aromatic heterocycles. The van der Waals surface area contributed by atoms with Crippen molar-refractivity contribution in [1.82, 2.24) is 0 Å². The highest BCUT2D eigenvalue weighted by Gasteiger charge is 2.25. The van der Waals surface area contributed by atoms with Crippen LogP contribution < -0.4 is 4.57 Å². The van der Waals surface area contributed by atoms with Crippen molar-refractivity contribution in [1.29, 1.82) is 5.26 Å². The van der Waals surface area contributed by atoms with Gasteiger partial charge in [-0.2, -0.15) is 9.83 Å². The van der Waals surface area contributed by atoms with Gasteiger partial charge in [0.05, 0.1) is 17.2 Å². The molecule has 0 saturated heterocycles. The van der Waals surface area contributed by atoms with Crippen LogP contribution in [0.25, 0.3) is 44.3 Å². The minimum Gasteiger partial charge on any atom is -0.454 e. The van der Waals surface area contributed by atoms with Crippen molar-refractivity contribution < 1.29 is 8.98 Å². The lowest BCUT2D eigenvalue weighted by Crippen LogP contribution is -2.35. The van der Waals surface area contributed by atoms with Crippen LogP contribution in [0.15, 0.2) is 71.1 Å². The predicted molar refractivity (Wildman–Crippen MR) is 138 cm³/mol. The van der Waals surface area contributed by atoms with Crippen molar-refractivity contribution in [3.63, 3.8) is 0 Å². The lowest BCUT2D eigenvalue weighted by molar-refractivity contribution is -0.666. The first-order valence-corrected chi connectivity index (χ1v) is 11.8. The molecule has 0 unspecified atom stereocenters. The maximum atomic E-state index is 9.92.